The number of rotatable bonds is 5. The van der Waals surface area contributed by atoms with Crippen LogP contribution in [0.25, 0.3) is 42.9 Å². The lowest BCUT2D eigenvalue weighted by Crippen LogP contribution is -2.11. The van der Waals surface area contributed by atoms with Gasteiger partial charge in [0.25, 0.3) is 0 Å². The maximum Gasteiger partial charge on any atom is 0.416 e. The van der Waals surface area contributed by atoms with Gasteiger partial charge in [-0.2, -0.15) is 49.7 Å². The van der Waals surface area contributed by atoms with Gasteiger partial charge in [-0.05, 0) is 55.8 Å². The number of aryl methyl sites for hydroxylation is 2. The van der Waals surface area contributed by atoms with Gasteiger partial charge in [0, 0.05) is 26.1 Å². The van der Waals surface area contributed by atoms with E-state index in [0.29, 0.717) is 37.1 Å². The molecular formula is C30H20F6N4O4S3. The molecule has 47 heavy (non-hydrogen) atoms. The van der Waals surface area contributed by atoms with E-state index in [-0.39, 0.29) is 11.3 Å². The molecule has 4 heterocycles. The number of fused-ring (bicyclic) bond motifs is 2. The molecule has 0 unspecified atom stereocenters. The van der Waals surface area contributed by atoms with E-state index in [0.717, 1.165) is 34.0 Å². The number of thiophene rings is 2. The van der Waals surface area contributed by atoms with E-state index in [2.05, 4.69) is 26.5 Å². The second-order valence-electron chi connectivity index (χ2n) is 9.82. The summed E-state index contributed by atoms with van der Waals surface area (Å²) in [5.41, 5.74) is -1.16. The van der Waals surface area contributed by atoms with Gasteiger partial charge in [0.05, 0.1) is 27.9 Å². The van der Waals surface area contributed by atoms with Crippen molar-refractivity contribution in [1.29, 1.82) is 0 Å². The van der Waals surface area contributed by atoms with Gasteiger partial charge in [0.15, 0.2) is 0 Å². The molecule has 4 aromatic heterocycles. The van der Waals surface area contributed by atoms with Crippen LogP contribution in [0.15, 0.2) is 77.4 Å². The smallest absolute Gasteiger partial charge is 0.340 e. The number of nitrogens with one attached hydrogen (secondary N) is 1. The predicted molar refractivity (Wildman–Crippen MR) is 168 cm³/mol. The van der Waals surface area contributed by atoms with Crippen LogP contribution in [0.5, 0.6) is 6.01 Å². The van der Waals surface area contributed by atoms with E-state index in [9.17, 15) is 39.6 Å². The summed E-state index contributed by atoms with van der Waals surface area (Å²) in [6.07, 6.45) is -8.94. The van der Waals surface area contributed by atoms with Crippen LogP contribution in [0.1, 0.15) is 20.9 Å². The third kappa shape index (κ3) is 7.69. The van der Waals surface area contributed by atoms with E-state index in [1.165, 1.54) is 46.9 Å². The largest absolute Gasteiger partial charge is 0.416 e. The second-order valence-corrected chi connectivity index (χ2v) is 13.8. The standard InChI is InChI=1S/C16H11F3N2O3S2.C14H9F3N2OS/c1-3-26(22,23)24-15-20-13(12-7-9(2)25-14(12)21-15)10-5-4-6-11(8-10)16(17,18)19;1-7-5-10-11(18-13(20)19-12(10)21-7)8-3-2-4-9(6-8)14(15,16)17/h3-8H,1H2,2H3;2-6H,1H3,(H,18,19,20). The summed E-state index contributed by atoms with van der Waals surface area (Å²) >= 11 is 2.58. The number of H-pyrrole nitrogens is 1. The molecule has 8 nitrogen and oxygen atoms in total. The van der Waals surface area contributed by atoms with Gasteiger partial charge in [-0.3, -0.25) is 0 Å². The number of aromatic nitrogens is 4. The molecule has 17 heteroatoms. The number of benzene rings is 2. The molecule has 0 saturated heterocycles. The highest BCUT2D eigenvalue weighted by atomic mass is 32.2. The average Bonchev–Trinajstić information content (AvgIpc) is 3.56. The summed E-state index contributed by atoms with van der Waals surface area (Å²) in [6, 6.07) is 12.5. The van der Waals surface area contributed by atoms with Crippen molar-refractivity contribution in [2.24, 2.45) is 0 Å². The summed E-state index contributed by atoms with van der Waals surface area (Å²) in [6.45, 7) is 6.77. The number of nitrogens with zero attached hydrogens (tertiary/aromatic N) is 3. The molecule has 2 aromatic carbocycles. The Labute approximate surface area is 270 Å². The number of hydrogen-bond donors (Lipinski definition) is 1. The molecule has 1 N–H and O–H groups in total. The quantitative estimate of drug-likeness (QED) is 0.141. The van der Waals surface area contributed by atoms with Crippen molar-refractivity contribution in [1.82, 2.24) is 19.9 Å². The van der Waals surface area contributed by atoms with E-state index in [4.69, 9.17) is 4.18 Å². The molecule has 0 saturated carbocycles. The number of aromatic amines is 1. The highest BCUT2D eigenvalue weighted by molar-refractivity contribution is 7.90. The third-order valence-electron chi connectivity index (χ3n) is 6.37. The fraction of sp³-hybridized carbons (Fsp3) is 0.133. The van der Waals surface area contributed by atoms with Gasteiger partial charge in [0.1, 0.15) is 9.66 Å². The van der Waals surface area contributed by atoms with Crippen molar-refractivity contribution in [3.05, 3.63) is 104 Å². The average molecular weight is 711 g/mol. The topological polar surface area (TPSA) is 115 Å². The minimum atomic E-state index is -4.52. The highest BCUT2D eigenvalue weighted by Crippen LogP contribution is 2.37. The summed E-state index contributed by atoms with van der Waals surface area (Å²) in [5.74, 6) is 0. The molecular weight excluding hydrogens is 691 g/mol. The first-order valence-electron chi connectivity index (χ1n) is 13.1. The van der Waals surface area contributed by atoms with Crippen LogP contribution in [0, 0.1) is 13.8 Å². The van der Waals surface area contributed by atoms with Crippen LogP contribution in [-0.4, -0.2) is 28.4 Å². The summed E-state index contributed by atoms with van der Waals surface area (Å²) < 4.78 is 105. The van der Waals surface area contributed by atoms with Gasteiger partial charge in [-0.1, -0.05) is 30.8 Å². The third-order valence-corrected chi connectivity index (χ3v) is 9.05. The van der Waals surface area contributed by atoms with E-state index >= 15 is 0 Å². The molecule has 0 bridgehead atoms. The summed E-state index contributed by atoms with van der Waals surface area (Å²) in [7, 11) is -4.10. The Bertz CT molecular complexity index is 2310. The molecule has 0 atom stereocenters. The number of hydrogen-bond acceptors (Lipinski definition) is 9. The van der Waals surface area contributed by atoms with Crippen molar-refractivity contribution in [2.45, 2.75) is 26.2 Å². The number of alkyl halides is 6. The first kappa shape index (κ1) is 33.7. The Morgan fingerprint density at radius 1 is 0.787 bits per heavy atom. The second kappa shape index (κ2) is 12.5. The molecule has 0 aliphatic carbocycles. The Morgan fingerprint density at radius 2 is 1.32 bits per heavy atom. The minimum Gasteiger partial charge on any atom is -0.340 e. The van der Waals surface area contributed by atoms with Crippen LogP contribution >= 0.6 is 22.7 Å². The lowest BCUT2D eigenvalue weighted by Gasteiger charge is -2.10. The van der Waals surface area contributed by atoms with Gasteiger partial charge in [0.2, 0.25) is 0 Å². The van der Waals surface area contributed by atoms with Crippen LogP contribution in [0.3, 0.4) is 0 Å². The summed E-state index contributed by atoms with van der Waals surface area (Å²) in [5, 5.41) is 1.75. The van der Waals surface area contributed by atoms with E-state index in [1.54, 1.807) is 19.1 Å². The van der Waals surface area contributed by atoms with Crippen molar-refractivity contribution in [3.8, 4) is 28.5 Å². The van der Waals surface area contributed by atoms with Gasteiger partial charge < -0.3 is 9.17 Å². The molecule has 6 aromatic rings. The minimum absolute atomic E-state index is 0.153. The molecule has 0 radical (unpaired) electrons. The maximum atomic E-state index is 13.0. The lowest BCUT2D eigenvalue weighted by atomic mass is 10.1. The van der Waals surface area contributed by atoms with Crippen molar-refractivity contribution in [2.75, 3.05) is 0 Å². The van der Waals surface area contributed by atoms with Crippen LogP contribution in [0.2, 0.25) is 0 Å². The van der Waals surface area contributed by atoms with E-state index < -0.39 is 45.3 Å². The van der Waals surface area contributed by atoms with Gasteiger partial charge in [-0.15, -0.1) is 22.7 Å². The maximum absolute atomic E-state index is 13.0. The zero-order valence-corrected chi connectivity index (χ0v) is 26.5. The predicted octanol–water partition coefficient (Wildman–Crippen LogP) is 8.52. The Hall–Kier alpha value is -4.61. The van der Waals surface area contributed by atoms with Crippen LogP contribution < -0.4 is 9.87 Å². The van der Waals surface area contributed by atoms with Crippen LogP contribution in [-0.2, 0) is 22.5 Å². The molecule has 0 amide bonds. The van der Waals surface area contributed by atoms with Gasteiger partial charge >= 0.3 is 34.2 Å². The van der Waals surface area contributed by atoms with E-state index in [1.807, 2.05) is 6.92 Å². The fourth-order valence-corrected chi connectivity index (χ4v) is 6.50. The monoisotopic (exact) mass is 710 g/mol. The fourth-order valence-electron chi connectivity index (χ4n) is 4.40. The lowest BCUT2D eigenvalue weighted by molar-refractivity contribution is -0.138. The van der Waals surface area contributed by atoms with Crippen molar-refractivity contribution >= 4 is 53.2 Å². The zero-order chi connectivity index (χ0) is 34.3. The Kier molecular flexibility index (Phi) is 9.00. The summed E-state index contributed by atoms with van der Waals surface area (Å²) in [4.78, 5) is 28.7. The normalized spacial score (nSPS) is 12.2. The molecule has 0 aliphatic rings. The van der Waals surface area contributed by atoms with Crippen molar-refractivity contribution in [3.63, 3.8) is 0 Å². The zero-order valence-electron chi connectivity index (χ0n) is 24.0. The SMILES string of the molecule is C=CS(=O)(=O)Oc1nc(-c2cccc(C(F)(F)F)c2)c2cc(C)sc2n1.Cc1cc2c(-c3cccc(C(F)(F)F)c3)[nH]c(=O)nc2s1. The molecule has 0 fully saturated rings. The molecule has 0 spiro atoms. The molecule has 0 aliphatic heterocycles. The first-order valence-corrected chi connectivity index (χ1v) is 16.2. The molecule has 244 valence electrons. The Morgan fingerprint density at radius 3 is 1.89 bits per heavy atom. The number of halogens is 6. The Balaban J connectivity index is 0.000000189. The van der Waals surface area contributed by atoms with Crippen LogP contribution in [0.4, 0.5) is 26.3 Å². The molecule has 6 rings (SSSR count). The highest BCUT2D eigenvalue weighted by Gasteiger charge is 2.32. The van der Waals surface area contributed by atoms with Gasteiger partial charge in [-0.25, -0.2) is 4.79 Å². The first-order chi connectivity index (χ1) is 21.9. The van der Waals surface area contributed by atoms with Crippen molar-refractivity contribution < 1.29 is 38.9 Å².